The van der Waals surface area contributed by atoms with Crippen LogP contribution < -0.4 is 5.32 Å². The molecule has 0 bridgehead atoms. The Bertz CT molecular complexity index is 565. The van der Waals surface area contributed by atoms with E-state index in [1.165, 1.54) is 22.6 Å². The molecular weight excluding hydrogens is 261 g/mol. The third-order valence-corrected chi connectivity index (χ3v) is 3.97. The smallest absolute Gasteiger partial charge is 0.220 e. The van der Waals surface area contributed by atoms with Crippen molar-refractivity contribution in [3.05, 3.63) is 57.5 Å². The minimum Gasteiger partial charge on any atom is -0.351 e. The fourth-order valence-corrected chi connectivity index (χ4v) is 2.65. The summed E-state index contributed by atoms with van der Waals surface area (Å²) in [6.45, 7) is 2.61. The molecule has 2 nitrogen and oxygen atoms in total. The van der Waals surface area contributed by atoms with Gasteiger partial charge in [-0.1, -0.05) is 12.1 Å². The van der Waals surface area contributed by atoms with Gasteiger partial charge in [-0.3, -0.25) is 4.79 Å². The van der Waals surface area contributed by atoms with Gasteiger partial charge in [-0.25, -0.2) is 4.39 Å². The van der Waals surface area contributed by atoms with Crippen molar-refractivity contribution >= 4 is 17.2 Å². The Kier molecular flexibility index (Phi) is 4.68. The Hall–Kier alpha value is -1.68. The highest BCUT2D eigenvalue weighted by Crippen LogP contribution is 2.15. The van der Waals surface area contributed by atoms with E-state index in [0.29, 0.717) is 19.4 Å². The Labute approximate surface area is 116 Å². The molecular formula is C15H16FNOS. The van der Waals surface area contributed by atoms with E-state index in [1.54, 1.807) is 17.4 Å². The van der Waals surface area contributed by atoms with Crippen LogP contribution in [0.3, 0.4) is 0 Å². The fraction of sp³-hybridized carbons (Fsp3) is 0.267. The van der Waals surface area contributed by atoms with Crippen LogP contribution in [0, 0.1) is 12.7 Å². The number of hydrogen-bond acceptors (Lipinski definition) is 2. The summed E-state index contributed by atoms with van der Waals surface area (Å²) in [5, 5.41) is 4.91. The molecule has 1 amide bonds. The molecule has 1 N–H and O–H groups in total. The molecule has 100 valence electrons. The number of hydrogen-bond donors (Lipinski definition) is 1. The van der Waals surface area contributed by atoms with Gasteiger partial charge in [-0.05, 0) is 48.1 Å². The first kappa shape index (κ1) is 13.7. The van der Waals surface area contributed by atoms with E-state index in [9.17, 15) is 9.18 Å². The molecule has 0 unspecified atom stereocenters. The van der Waals surface area contributed by atoms with Crippen LogP contribution in [0.4, 0.5) is 4.39 Å². The molecule has 4 heteroatoms. The molecule has 0 aliphatic heterocycles. The van der Waals surface area contributed by atoms with Crippen LogP contribution in [0.2, 0.25) is 0 Å². The molecule has 0 saturated heterocycles. The number of amides is 1. The van der Waals surface area contributed by atoms with E-state index in [-0.39, 0.29) is 11.7 Å². The monoisotopic (exact) mass is 277 g/mol. The zero-order valence-electron chi connectivity index (χ0n) is 10.8. The number of carbonyl (C=O) groups is 1. The maximum atomic E-state index is 13.0. The first-order valence-corrected chi connectivity index (χ1v) is 7.07. The standard InChI is InChI=1S/C15H16FNOS/c1-11-7-8-19-14(11)10-17-15(18)6-5-12-3-2-4-13(16)9-12/h2-4,7-9H,5-6,10H2,1H3,(H,17,18). The Morgan fingerprint density at radius 1 is 1.37 bits per heavy atom. The zero-order chi connectivity index (χ0) is 13.7. The van der Waals surface area contributed by atoms with Gasteiger partial charge in [-0.2, -0.15) is 0 Å². The Balaban J connectivity index is 1.77. The number of aryl methyl sites for hydroxylation is 2. The summed E-state index contributed by atoms with van der Waals surface area (Å²) in [5.41, 5.74) is 2.05. The van der Waals surface area contributed by atoms with Crippen molar-refractivity contribution in [3.8, 4) is 0 Å². The van der Waals surface area contributed by atoms with Gasteiger partial charge >= 0.3 is 0 Å². The van der Waals surface area contributed by atoms with Crippen LogP contribution in [0.25, 0.3) is 0 Å². The van der Waals surface area contributed by atoms with Crippen LogP contribution in [-0.4, -0.2) is 5.91 Å². The summed E-state index contributed by atoms with van der Waals surface area (Å²) in [6.07, 6.45) is 0.945. The molecule has 0 aliphatic carbocycles. The molecule has 1 aromatic heterocycles. The van der Waals surface area contributed by atoms with Crippen LogP contribution in [0.5, 0.6) is 0 Å². The maximum Gasteiger partial charge on any atom is 0.220 e. The van der Waals surface area contributed by atoms with Crippen molar-refractivity contribution in [2.75, 3.05) is 0 Å². The van der Waals surface area contributed by atoms with E-state index >= 15 is 0 Å². The zero-order valence-corrected chi connectivity index (χ0v) is 11.6. The van der Waals surface area contributed by atoms with Crippen molar-refractivity contribution < 1.29 is 9.18 Å². The molecule has 0 radical (unpaired) electrons. The highest BCUT2D eigenvalue weighted by atomic mass is 32.1. The first-order chi connectivity index (χ1) is 9.15. The highest BCUT2D eigenvalue weighted by Gasteiger charge is 2.05. The number of rotatable bonds is 5. The lowest BCUT2D eigenvalue weighted by Gasteiger charge is -2.05. The minimum absolute atomic E-state index is 0.00272. The van der Waals surface area contributed by atoms with Gasteiger partial charge in [0.1, 0.15) is 5.82 Å². The molecule has 2 aromatic rings. The van der Waals surface area contributed by atoms with Gasteiger partial charge in [0.15, 0.2) is 0 Å². The number of nitrogens with one attached hydrogen (secondary N) is 1. The highest BCUT2D eigenvalue weighted by molar-refractivity contribution is 7.10. The maximum absolute atomic E-state index is 13.0. The molecule has 1 heterocycles. The van der Waals surface area contributed by atoms with E-state index < -0.39 is 0 Å². The van der Waals surface area contributed by atoms with E-state index in [2.05, 4.69) is 5.32 Å². The summed E-state index contributed by atoms with van der Waals surface area (Å²) in [4.78, 5) is 12.9. The molecule has 0 fully saturated rings. The van der Waals surface area contributed by atoms with Crippen LogP contribution >= 0.6 is 11.3 Å². The first-order valence-electron chi connectivity index (χ1n) is 6.19. The topological polar surface area (TPSA) is 29.1 Å². The van der Waals surface area contributed by atoms with Gasteiger partial charge in [-0.15, -0.1) is 11.3 Å². The average Bonchev–Trinajstić information content (AvgIpc) is 2.80. The quantitative estimate of drug-likeness (QED) is 0.891. The molecule has 0 atom stereocenters. The number of thiophene rings is 1. The largest absolute Gasteiger partial charge is 0.351 e. The normalized spacial score (nSPS) is 10.4. The fourth-order valence-electron chi connectivity index (χ4n) is 1.80. The van der Waals surface area contributed by atoms with Gasteiger partial charge in [0.05, 0.1) is 6.54 Å². The summed E-state index contributed by atoms with van der Waals surface area (Å²) < 4.78 is 13.0. The second-order valence-electron chi connectivity index (χ2n) is 4.43. The molecule has 0 aliphatic rings. The Morgan fingerprint density at radius 2 is 2.21 bits per heavy atom. The molecule has 1 aromatic carbocycles. The lowest BCUT2D eigenvalue weighted by Crippen LogP contribution is -2.22. The second kappa shape index (κ2) is 6.48. The number of carbonyl (C=O) groups excluding carboxylic acids is 1. The predicted molar refractivity (Wildman–Crippen MR) is 75.6 cm³/mol. The molecule has 2 rings (SSSR count). The molecule has 0 spiro atoms. The van der Waals surface area contributed by atoms with Gasteiger partial charge in [0, 0.05) is 11.3 Å². The van der Waals surface area contributed by atoms with Crippen LogP contribution in [0.1, 0.15) is 22.4 Å². The summed E-state index contributed by atoms with van der Waals surface area (Å²) in [5.74, 6) is -0.260. The average molecular weight is 277 g/mol. The minimum atomic E-state index is -0.257. The third kappa shape index (κ3) is 4.17. The number of benzene rings is 1. The number of halogens is 1. The predicted octanol–water partition coefficient (Wildman–Crippen LogP) is 3.44. The lowest BCUT2D eigenvalue weighted by atomic mass is 10.1. The lowest BCUT2D eigenvalue weighted by molar-refractivity contribution is -0.121. The van der Waals surface area contributed by atoms with E-state index in [0.717, 1.165) is 5.56 Å². The summed E-state index contributed by atoms with van der Waals surface area (Å²) >= 11 is 1.64. The van der Waals surface area contributed by atoms with Crippen molar-refractivity contribution in [2.24, 2.45) is 0 Å². The van der Waals surface area contributed by atoms with E-state index in [1.807, 2.05) is 24.4 Å². The van der Waals surface area contributed by atoms with Crippen molar-refractivity contribution in [1.82, 2.24) is 5.32 Å². The van der Waals surface area contributed by atoms with Crippen molar-refractivity contribution in [3.63, 3.8) is 0 Å². The third-order valence-electron chi connectivity index (χ3n) is 2.94. The molecule has 0 saturated carbocycles. The van der Waals surface area contributed by atoms with Gasteiger partial charge in [0.2, 0.25) is 5.91 Å². The summed E-state index contributed by atoms with van der Waals surface area (Å²) in [7, 11) is 0. The summed E-state index contributed by atoms with van der Waals surface area (Å²) in [6, 6.07) is 8.41. The Morgan fingerprint density at radius 3 is 2.89 bits per heavy atom. The SMILES string of the molecule is Cc1ccsc1CNC(=O)CCc1cccc(F)c1. The van der Waals surface area contributed by atoms with Crippen molar-refractivity contribution in [1.29, 1.82) is 0 Å². The van der Waals surface area contributed by atoms with Crippen LogP contribution in [-0.2, 0) is 17.8 Å². The van der Waals surface area contributed by atoms with Crippen molar-refractivity contribution in [2.45, 2.75) is 26.3 Å². The second-order valence-corrected chi connectivity index (χ2v) is 5.43. The van der Waals surface area contributed by atoms with E-state index in [4.69, 9.17) is 0 Å². The molecule has 19 heavy (non-hydrogen) atoms. The van der Waals surface area contributed by atoms with Gasteiger partial charge in [0.25, 0.3) is 0 Å². The van der Waals surface area contributed by atoms with Gasteiger partial charge < -0.3 is 5.32 Å². The van der Waals surface area contributed by atoms with Crippen LogP contribution in [0.15, 0.2) is 35.7 Å².